The maximum atomic E-state index is 13.4. The molecule has 0 aliphatic carbocycles. The van der Waals surface area contributed by atoms with Gasteiger partial charge < -0.3 is 58.7 Å². The van der Waals surface area contributed by atoms with E-state index in [4.69, 9.17) is 33.2 Å². The maximum Gasteiger partial charge on any atom is 0.331 e. The summed E-state index contributed by atoms with van der Waals surface area (Å²) >= 11 is 0. The van der Waals surface area contributed by atoms with Crippen LogP contribution in [-0.4, -0.2) is 130 Å². The Labute approximate surface area is 358 Å². The number of aliphatic hydroxyl groups excluding tert-OH is 3. The fourth-order valence-electron chi connectivity index (χ4n) is 8.20. The van der Waals surface area contributed by atoms with Crippen molar-refractivity contribution in [2.24, 2.45) is 10.8 Å². The second kappa shape index (κ2) is 21.1. The first kappa shape index (κ1) is 49.9. The second-order valence-corrected chi connectivity index (χ2v) is 17.7. The van der Waals surface area contributed by atoms with E-state index < -0.39 is 108 Å². The first-order valence-corrected chi connectivity index (χ1v) is 21.0. The number of cyclic esters (lactones) is 1. The number of allylic oxidation sites excluding steroid dienone is 3. The number of methoxy groups -OCH3 is 2. The number of fused-ring (bicyclic) bond motifs is 6. The molecule has 4 heterocycles. The van der Waals surface area contributed by atoms with Crippen LogP contribution in [-0.2, 0) is 52.3 Å². The molecule has 16 heteroatoms. The van der Waals surface area contributed by atoms with Crippen molar-refractivity contribution >= 4 is 23.9 Å². The summed E-state index contributed by atoms with van der Waals surface area (Å²) in [6.45, 7) is 9.92. The van der Waals surface area contributed by atoms with Crippen molar-refractivity contribution in [2.75, 3.05) is 14.2 Å². The van der Waals surface area contributed by atoms with Crippen LogP contribution in [0.15, 0.2) is 59.8 Å². The van der Waals surface area contributed by atoms with Crippen LogP contribution in [0, 0.1) is 10.8 Å². The van der Waals surface area contributed by atoms with Crippen LogP contribution < -0.4 is 0 Å². The summed E-state index contributed by atoms with van der Waals surface area (Å²) in [5.74, 6) is -7.61. The van der Waals surface area contributed by atoms with E-state index in [2.05, 4.69) is 0 Å². The molecule has 3 fully saturated rings. The lowest BCUT2D eigenvalue weighted by Gasteiger charge is -2.53. The van der Waals surface area contributed by atoms with Crippen molar-refractivity contribution in [1.29, 1.82) is 0 Å². The van der Waals surface area contributed by atoms with Crippen LogP contribution >= 0.6 is 0 Å². The summed E-state index contributed by atoms with van der Waals surface area (Å²) in [7, 11) is 2.41. The minimum Gasteiger partial charge on any atom is -0.466 e. The molecule has 342 valence electrons. The summed E-state index contributed by atoms with van der Waals surface area (Å²) in [5.41, 5.74) is -2.00. The van der Waals surface area contributed by atoms with Crippen molar-refractivity contribution < 1.29 is 77.9 Å². The van der Waals surface area contributed by atoms with E-state index in [1.54, 1.807) is 45.9 Å². The molecule has 4 aliphatic heterocycles. The number of aliphatic hydroxyl groups is 5. The minimum absolute atomic E-state index is 0.0448. The molecule has 61 heavy (non-hydrogen) atoms. The number of carbonyl (C=O) groups is 4. The molecule has 4 rings (SSSR count). The Morgan fingerprint density at radius 2 is 1.57 bits per heavy atom. The molecule has 0 spiro atoms. The van der Waals surface area contributed by atoms with Gasteiger partial charge in [-0.15, -0.1) is 0 Å². The molecule has 0 amide bonds. The Balaban J connectivity index is 1.87. The van der Waals surface area contributed by atoms with E-state index >= 15 is 0 Å². The van der Waals surface area contributed by atoms with Crippen molar-refractivity contribution in [3.05, 3.63) is 59.8 Å². The Hall–Kier alpha value is -3.74. The fourth-order valence-corrected chi connectivity index (χ4v) is 8.20. The van der Waals surface area contributed by atoms with E-state index in [9.17, 15) is 44.7 Å². The smallest absolute Gasteiger partial charge is 0.331 e. The third kappa shape index (κ3) is 12.7. The summed E-state index contributed by atoms with van der Waals surface area (Å²) in [6, 6.07) is 0. The molecule has 11 atom stereocenters. The molecular weight excluding hydrogens is 796 g/mol. The van der Waals surface area contributed by atoms with Gasteiger partial charge in [-0.05, 0) is 38.2 Å². The number of hydrogen-bond acceptors (Lipinski definition) is 16. The highest BCUT2D eigenvalue weighted by atomic mass is 16.7. The van der Waals surface area contributed by atoms with E-state index in [1.807, 2.05) is 13.0 Å². The predicted octanol–water partition coefficient (Wildman–Crippen LogP) is 3.71. The lowest BCUT2D eigenvalue weighted by atomic mass is 9.70. The molecule has 4 aliphatic rings. The summed E-state index contributed by atoms with van der Waals surface area (Å²) in [4.78, 5) is 52.0. The molecule has 3 saturated heterocycles. The van der Waals surface area contributed by atoms with Gasteiger partial charge in [0.15, 0.2) is 11.9 Å². The first-order valence-electron chi connectivity index (χ1n) is 21.0. The SMILES string of the molecule is CCCC=CC=CC(=O)O[C@H]1C(=CC(=O)OC)C[C@H]2C[C@H]([C@@H](C)O)OC(=O)C[C@H](O)C[C@@H]3C[C@H](O)C(C)(C)[C@](O)(C[C@@H]4CC(=CC(=O)OC)C[C@H](C=CC(C)(C)[C@]1(O)O2)O4)O3. The minimum atomic E-state index is -2.45. The Morgan fingerprint density at radius 3 is 2.23 bits per heavy atom. The van der Waals surface area contributed by atoms with Gasteiger partial charge in [0.25, 0.3) is 0 Å². The van der Waals surface area contributed by atoms with Gasteiger partial charge in [-0.25, -0.2) is 14.4 Å². The Bertz CT molecular complexity index is 1710. The van der Waals surface area contributed by atoms with Crippen molar-refractivity contribution in [3.8, 4) is 0 Å². The fraction of sp³-hybridized carbons (Fsp3) is 0.689. The Morgan fingerprint density at radius 1 is 0.885 bits per heavy atom. The van der Waals surface area contributed by atoms with Gasteiger partial charge in [0, 0.05) is 54.7 Å². The Kier molecular flexibility index (Phi) is 17.3. The van der Waals surface area contributed by atoms with E-state index in [1.165, 1.54) is 39.4 Å². The molecule has 0 aromatic carbocycles. The highest BCUT2D eigenvalue weighted by Crippen LogP contribution is 2.49. The molecule has 0 saturated carbocycles. The molecule has 0 radical (unpaired) electrons. The zero-order valence-corrected chi connectivity index (χ0v) is 36.6. The van der Waals surface area contributed by atoms with Gasteiger partial charge >= 0.3 is 23.9 Å². The highest BCUT2D eigenvalue weighted by Gasteiger charge is 2.59. The van der Waals surface area contributed by atoms with Gasteiger partial charge in [-0.3, -0.25) is 4.79 Å². The molecule has 0 unspecified atom stereocenters. The summed E-state index contributed by atoms with van der Waals surface area (Å²) < 4.78 is 40.7. The maximum absolute atomic E-state index is 13.4. The number of esters is 4. The predicted molar refractivity (Wildman–Crippen MR) is 219 cm³/mol. The van der Waals surface area contributed by atoms with Crippen LogP contribution in [0.4, 0.5) is 0 Å². The largest absolute Gasteiger partial charge is 0.466 e. The lowest BCUT2D eigenvalue weighted by molar-refractivity contribution is -0.348. The van der Waals surface area contributed by atoms with Crippen LogP contribution in [0.3, 0.4) is 0 Å². The number of hydrogen-bond donors (Lipinski definition) is 5. The van der Waals surface area contributed by atoms with Crippen LogP contribution in [0.1, 0.15) is 106 Å². The van der Waals surface area contributed by atoms with E-state index in [-0.39, 0.29) is 50.5 Å². The van der Waals surface area contributed by atoms with Gasteiger partial charge in [0.2, 0.25) is 5.79 Å². The van der Waals surface area contributed by atoms with Crippen LogP contribution in [0.5, 0.6) is 0 Å². The van der Waals surface area contributed by atoms with E-state index in [0.717, 1.165) is 18.9 Å². The quantitative estimate of drug-likeness (QED) is 0.0770. The number of rotatable bonds is 8. The zero-order valence-electron chi connectivity index (χ0n) is 36.6. The van der Waals surface area contributed by atoms with E-state index in [0.29, 0.717) is 5.57 Å². The van der Waals surface area contributed by atoms with Crippen LogP contribution in [0.25, 0.3) is 0 Å². The molecular formula is C45H66O16. The zero-order chi connectivity index (χ0) is 45.3. The van der Waals surface area contributed by atoms with Crippen molar-refractivity contribution in [3.63, 3.8) is 0 Å². The lowest BCUT2D eigenvalue weighted by Crippen LogP contribution is -2.62. The normalized spacial score (nSPS) is 36.6. The highest BCUT2D eigenvalue weighted by molar-refractivity contribution is 5.84. The van der Waals surface area contributed by atoms with Gasteiger partial charge in [0.1, 0.15) is 6.10 Å². The topological polar surface area (TPSA) is 234 Å². The molecule has 16 nitrogen and oxygen atoms in total. The third-order valence-electron chi connectivity index (χ3n) is 12.1. The summed E-state index contributed by atoms with van der Waals surface area (Å²) in [6.07, 6.45) is 2.75. The molecule has 6 bridgehead atoms. The molecule has 0 aromatic heterocycles. The van der Waals surface area contributed by atoms with Crippen LogP contribution in [0.2, 0.25) is 0 Å². The number of carbonyl (C=O) groups excluding carboxylic acids is 4. The van der Waals surface area contributed by atoms with Crippen molar-refractivity contribution in [2.45, 2.75) is 172 Å². The third-order valence-corrected chi connectivity index (χ3v) is 12.1. The van der Waals surface area contributed by atoms with Gasteiger partial charge in [-0.1, -0.05) is 77.0 Å². The monoisotopic (exact) mass is 862 g/mol. The second-order valence-electron chi connectivity index (χ2n) is 17.7. The molecule has 0 aromatic rings. The standard InChI is InChI=1S/C45H66O16/c1-9-10-11-12-13-14-37(49)59-41-29(21-39(51)56-8)20-32-24-35(27(2)46)58-40(52)23-30(47)22-33-25-36(48)43(5,6)44(53,60-33)26-34-18-28(19-38(50)55-7)17-31(57-34)15-16-42(3,4)45(41,54)61-32/h11-16,19,21,27,30-36,41,46-48,53-54H,9-10,17-18,20,22-26H2,1-8H3/t27-,30-,31+,32+,33-,34+,35-,36+,41+,44+,45-/m1/s1. The summed E-state index contributed by atoms with van der Waals surface area (Å²) in [5, 5.41) is 58.3. The average molecular weight is 863 g/mol. The molecule has 5 N–H and O–H groups in total. The van der Waals surface area contributed by atoms with Gasteiger partial charge in [-0.2, -0.15) is 0 Å². The van der Waals surface area contributed by atoms with Crippen molar-refractivity contribution in [1.82, 2.24) is 0 Å². The average Bonchev–Trinajstić information content (AvgIpc) is 3.16. The first-order chi connectivity index (χ1) is 28.6. The number of ether oxygens (including phenoxy) is 7. The van der Waals surface area contributed by atoms with Gasteiger partial charge in [0.05, 0.1) is 63.4 Å². The number of unbranched alkanes of at least 4 members (excludes halogenated alkanes) is 1.